The van der Waals surface area contributed by atoms with Crippen molar-refractivity contribution in [1.82, 2.24) is 0 Å². The fourth-order valence-corrected chi connectivity index (χ4v) is 1.56. The molecule has 0 radical (unpaired) electrons. The van der Waals surface area contributed by atoms with Crippen LogP contribution >= 0.6 is 0 Å². The quantitative estimate of drug-likeness (QED) is 0.616. The van der Waals surface area contributed by atoms with Gasteiger partial charge in [0, 0.05) is 0 Å². The smallest absolute Gasteiger partial charge is 0.184 e. The summed E-state index contributed by atoms with van der Waals surface area (Å²) in [6.45, 7) is 5.16. The van der Waals surface area contributed by atoms with E-state index in [1.165, 1.54) is 0 Å². The van der Waals surface area contributed by atoms with Gasteiger partial charge in [0.1, 0.15) is 13.2 Å². The molecule has 1 aromatic rings. The van der Waals surface area contributed by atoms with Gasteiger partial charge in [0.05, 0.1) is 5.69 Å². The minimum atomic E-state index is 0.583. The predicted octanol–water partition coefficient (Wildman–Crippen LogP) is 1.66. The monoisotopic (exact) mass is 179 g/mol. The molecule has 2 rings (SSSR count). The largest absolute Gasteiger partial charge is 0.486 e. The molecule has 1 heterocycles. The van der Waals surface area contributed by atoms with Gasteiger partial charge in [-0.2, -0.15) is 0 Å². The van der Waals surface area contributed by atoms with E-state index in [4.69, 9.17) is 15.2 Å². The zero-order chi connectivity index (χ0) is 9.42. The molecule has 0 fully saturated rings. The third kappa shape index (κ3) is 1.20. The Labute approximate surface area is 77.5 Å². The number of fused-ring (bicyclic) bond motifs is 1. The second kappa shape index (κ2) is 2.83. The fourth-order valence-electron chi connectivity index (χ4n) is 1.56. The first kappa shape index (κ1) is 8.23. The molecule has 13 heavy (non-hydrogen) atoms. The Balaban J connectivity index is 2.63. The average Bonchev–Trinajstić information content (AvgIpc) is 2.15. The summed E-state index contributed by atoms with van der Waals surface area (Å²) in [5, 5.41) is 0. The summed E-state index contributed by atoms with van der Waals surface area (Å²) in [6, 6.07) is 2.02. The normalized spacial score (nSPS) is 14.3. The van der Waals surface area contributed by atoms with Gasteiger partial charge in [-0.25, -0.2) is 0 Å². The molecule has 0 aliphatic carbocycles. The molecule has 0 atom stereocenters. The number of anilines is 1. The molecule has 0 spiro atoms. The first-order chi connectivity index (χ1) is 6.20. The molecule has 1 aliphatic heterocycles. The Morgan fingerprint density at radius 2 is 1.69 bits per heavy atom. The maximum atomic E-state index is 5.87. The number of rotatable bonds is 0. The van der Waals surface area contributed by atoms with Gasteiger partial charge < -0.3 is 15.2 Å². The second-order valence-electron chi connectivity index (χ2n) is 3.28. The zero-order valence-electron chi connectivity index (χ0n) is 7.89. The maximum Gasteiger partial charge on any atom is 0.184 e. The van der Waals surface area contributed by atoms with E-state index in [2.05, 4.69) is 0 Å². The van der Waals surface area contributed by atoms with Gasteiger partial charge in [-0.05, 0) is 25.0 Å². The van der Waals surface area contributed by atoms with Crippen molar-refractivity contribution >= 4 is 5.69 Å². The van der Waals surface area contributed by atoms with E-state index in [-0.39, 0.29) is 0 Å². The van der Waals surface area contributed by atoms with Crippen molar-refractivity contribution in [2.24, 2.45) is 0 Å². The molecule has 2 N–H and O–H groups in total. The summed E-state index contributed by atoms with van der Waals surface area (Å²) in [4.78, 5) is 0. The summed E-state index contributed by atoms with van der Waals surface area (Å²) in [7, 11) is 0. The van der Waals surface area contributed by atoms with Crippen LogP contribution in [0.1, 0.15) is 11.1 Å². The molecule has 0 saturated carbocycles. The van der Waals surface area contributed by atoms with Crippen molar-refractivity contribution in [3.05, 3.63) is 17.2 Å². The molecule has 0 aromatic heterocycles. The van der Waals surface area contributed by atoms with E-state index >= 15 is 0 Å². The SMILES string of the molecule is Cc1cc(C)c2c(c1N)OCCO2. The molecule has 1 aromatic carbocycles. The lowest BCUT2D eigenvalue weighted by molar-refractivity contribution is 0.171. The van der Waals surface area contributed by atoms with Crippen LogP contribution in [-0.2, 0) is 0 Å². The number of benzene rings is 1. The number of nitrogens with two attached hydrogens (primary N) is 1. The number of aryl methyl sites for hydroxylation is 2. The van der Waals surface area contributed by atoms with Gasteiger partial charge in [0.15, 0.2) is 11.5 Å². The highest BCUT2D eigenvalue weighted by atomic mass is 16.6. The molecular weight excluding hydrogens is 166 g/mol. The van der Waals surface area contributed by atoms with Crippen LogP contribution in [0.2, 0.25) is 0 Å². The standard InChI is InChI=1S/C10H13NO2/c1-6-5-7(2)9-10(8(6)11)13-4-3-12-9/h5H,3-4,11H2,1-2H3. The lowest BCUT2D eigenvalue weighted by Gasteiger charge is -2.22. The summed E-state index contributed by atoms with van der Waals surface area (Å²) in [5.74, 6) is 1.51. The number of hydrogen-bond donors (Lipinski definition) is 1. The van der Waals surface area contributed by atoms with E-state index in [0.717, 1.165) is 16.9 Å². The molecule has 70 valence electrons. The minimum Gasteiger partial charge on any atom is -0.486 e. The summed E-state index contributed by atoms with van der Waals surface area (Å²) >= 11 is 0. The lowest BCUT2D eigenvalue weighted by atomic mass is 10.1. The molecule has 0 amide bonds. The highest BCUT2D eigenvalue weighted by Crippen LogP contribution is 2.40. The maximum absolute atomic E-state index is 5.87. The zero-order valence-corrected chi connectivity index (χ0v) is 7.89. The third-order valence-corrected chi connectivity index (χ3v) is 2.24. The number of nitrogen functional groups attached to an aromatic ring is 1. The first-order valence-electron chi connectivity index (χ1n) is 4.35. The van der Waals surface area contributed by atoms with Gasteiger partial charge in [0.25, 0.3) is 0 Å². The van der Waals surface area contributed by atoms with E-state index in [9.17, 15) is 0 Å². The van der Waals surface area contributed by atoms with Crippen LogP contribution < -0.4 is 15.2 Å². The van der Waals surface area contributed by atoms with Crippen molar-refractivity contribution in [1.29, 1.82) is 0 Å². The van der Waals surface area contributed by atoms with E-state index in [1.54, 1.807) is 0 Å². The van der Waals surface area contributed by atoms with Crippen LogP contribution in [-0.4, -0.2) is 13.2 Å². The Morgan fingerprint density at radius 3 is 2.38 bits per heavy atom. The van der Waals surface area contributed by atoms with E-state index in [0.29, 0.717) is 24.7 Å². The average molecular weight is 179 g/mol. The van der Waals surface area contributed by atoms with E-state index in [1.807, 2.05) is 19.9 Å². The van der Waals surface area contributed by atoms with Crippen LogP contribution in [0.5, 0.6) is 11.5 Å². The highest BCUT2D eigenvalue weighted by molar-refractivity contribution is 5.67. The van der Waals surface area contributed by atoms with Crippen LogP contribution in [0, 0.1) is 13.8 Å². The number of ether oxygens (including phenoxy) is 2. The van der Waals surface area contributed by atoms with Crippen LogP contribution in [0.3, 0.4) is 0 Å². The lowest BCUT2D eigenvalue weighted by Crippen LogP contribution is -2.17. The van der Waals surface area contributed by atoms with E-state index < -0.39 is 0 Å². The molecule has 0 bridgehead atoms. The summed E-state index contributed by atoms with van der Waals surface area (Å²) in [5.41, 5.74) is 8.69. The van der Waals surface area contributed by atoms with Gasteiger partial charge in [-0.15, -0.1) is 0 Å². The van der Waals surface area contributed by atoms with Crippen molar-refractivity contribution in [2.45, 2.75) is 13.8 Å². The predicted molar refractivity (Wildman–Crippen MR) is 51.3 cm³/mol. The molecule has 3 nitrogen and oxygen atoms in total. The fraction of sp³-hybridized carbons (Fsp3) is 0.400. The van der Waals surface area contributed by atoms with Crippen LogP contribution in [0.4, 0.5) is 5.69 Å². The Morgan fingerprint density at radius 1 is 1.08 bits per heavy atom. The topological polar surface area (TPSA) is 44.5 Å². The van der Waals surface area contributed by atoms with Crippen LogP contribution in [0.25, 0.3) is 0 Å². The van der Waals surface area contributed by atoms with Gasteiger partial charge in [0.2, 0.25) is 0 Å². The molecule has 3 heteroatoms. The first-order valence-corrected chi connectivity index (χ1v) is 4.35. The van der Waals surface area contributed by atoms with Crippen molar-refractivity contribution in [3.63, 3.8) is 0 Å². The van der Waals surface area contributed by atoms with Gasteiger partial charge in [-0.1, -0.05) is 6.07 Å². The molecule has 1 aliphatic rings. The third-order valence-electron chi connectivity index (χ3n) is 2.24. The van der Waals surface area contributed by atoms with Crippen molar-refractivity contribution in [3.8, 4) is 11.5 Å². The Bertz CT molecular complexity index is 347. The minimum absolute atomic E-state index is 0.583. The summed E-state index contributed by atoms with van der Waals surface area (Å²) < 4.78 is 11.0. The Hall–Kier alpha value is -1.38. The molecule has 0 unspecified atom stereocenters. The number of hydrogen-bond acceptors (Lipinski definition) is 3. The molecular formula is C10H13NO2. The molecule has 0 saturated heterocycles. The van der Waals surface area contributed by atoms with Gasteiger partial charge >= 0.3 is 0 Å². The second-order valence-corrected chi connectivity index (χ2v) is 3.28. The van der Waals surface area contributed by atoms with Crippen molar-refractivity contribution < 1.29 is 9.47 Å². The van der Waals surface area contributed by atoms with Gasteiger partial charge in [-0.3, -0.25) is 0 Å². The van der Waals surface area contributed by atoms with Crippen LogP contribution in [0.15, 0.2) is 6.07 Å². The van der Waals surface area contributed by atoms with Crippen molar-refractivity contribution in [2.75, 3.05) is 18.9 Å². The highest BCUT2D eigenvalue weighted by Gasteiger charge is 2.18. The summed E-state index contributed by atoms with van der Waals surface area (Å²) in [6.07, 6.45) is 0. The Kier molecular flexibility index (Phi) is 1.79.